The van der Waals surface area contributed by atoms with E-state index in [2.05, 4.69) is 4.90 Å². The molecule has 0 amide bonds. The smallest absolute Gasteiger partial charge is 0.311 e. The van der Waals surface area contributed by atoms with E-state index < -0.39 is 11.4 Å². The summed E-state index contributed by atoms with van der Waals surface area (Å²) in [6.07, 6.45) is 3.59. The van der Waals surface area contributed by atoms with Gasteiger partial charge in [0.25, 0.3) is 0 Å². The van der Waals surface area contributed by atoms with Crippen LogP contribution in [0.4, 0.5) is 0 Å². The summed E-state index contributed by atoms with van der Waals surface area (Å²) in [5, 5.41) is 9.58. The van der Waals surface area contributed by atoms with Crippen molar-refractivity contribution in [3.63, 3.8) is 0 Å². The number of carbonyl (C=O) groups is 1. The summed E-state index contributed by atoms with van der Waals surface area (Å²) in [6.45, 7) is 5.66. The monoisotopic (exact) mass is 261 g/mol. The molecule has 1 N–H and O–H groups in total. The Morgan fingerprint density at radius 2 is 1.74 bits per heavy atom. The van der Waals surface area contributed by atoms with Crippen molar-refractivity contribution in [1.82, 2.24) is 4.90 Å². The third-order valence-electron chi connectivity index (χ3n) is 4.11. The number of aliphatic carboxylic acids is 1. The molecule has 1 fully saturated rings. The van der Waals surface area contributed by atoms with E-state index in [1.807, 2.05) is 44.2 Å². The number of rotatable bonds is 4. The van der Waals surface area contributed by atoms with Crippen molar-refractivity contribution in [2.45, 2.75) is 39.2 Å². The lowest BCUT2D eigenvalue weighted by Gasteiger charge is -2.42. The minimum atomic E-state index is -0.779. The maximum atomic E-state index is 11.7. The molecular formula is C16H23NO2. The molecule has 104 valence electrons. The minimum Gasteiger partial charge on any atom is -0.481 e. The van der Waals surface area contributed by atoms with Crippen LogP contribution >= 0.6 is 0 Å². The largest absolute Gasteiger partial charge is 0.481 e. The van der Waals surface area contributed by atoms with Gasteiger partial charge in [0.05, 0.1) is 11.5 Å². The summed E-state index contributed by atoms with van der Waals surface area (Å²) in [6, 6.07) is 10.00. The Hall–Kier alpha value is -1.35. The van der Waals surface area contributed by atoms with Gasteiger partial charge >= 0.3 is 5.97 Å². The predicted molar refractivity (Wildman–Crippen MR) is 76.0 cm³/mol. The molecule has 0 aliphatic carbocycles. The first-order chi connectivity index (χ1) is 9.03. The van der Waals surface area contributed by atoms with Gasteiger partial charge in [-0.05, 0) is 45.3 Å². The predicted octanol–water partition coefficient (Wildman–Crippen LogP) is 3.32. The van der Waals surface area contributed by atoms with Crippen molar-refractivity contribution >= 4 is 5.97 Å². The fourth-order valence-electron chi connectivity index (χ4n) is 3.01. The first-order valence-corrected chi connectivity index (χ1v) is 7.06. The lowest BCUT2D eigenvalue weighted by Crippen LogP contribution is -2.44. The molecule has 1 aromatic carbocycles. The maximum Gasteiger partial charge on any atom is 0.311 e. The Morgan fingerprint density at radius 3 is 2.26 bits per heavy atom. The summed E-state index contributed by atoms with van der Waals surface area (Å²) in [5.74, 6) is -0.730. The Morgan fingerprint density at radius 1 is 1.16 bits per heavy atom. The van der Waals surface area contributed by atoms with Gasteiger partial charge in [-0.25, -0.2) is 0 Å². The first-order valence-electron chi connectivity index (χ1n) is 7.06. The molecule has 0 aromatic heterocycles. The van der Waals surface area contributed by atoms with Gasteiger partial charge in [-0.1, -0.05) is 36.8 Å². The van der Waals surface area contributed by atoms with E-state index in [0.29, 0.717) is 0 Å². The fourth-order valence-corrected chi connectivity index (χ4v) is 3.01. The zero-order chi connectivity index (χ0) is 13.9. The van der Waals surface area contributed by atoms with Crippen molar-refractivity contribution in [3.8, 4) is 0 Å². The van der Waals surface area contributed by atoms with E-state index in [1.165, 1.54) is 19.3 Å². The lowest BCUT2D eigenvalue weighted by atomic mass is 9.78. The van der Waals surface area contributed by atoms with Crippen molar-refractivity contribution in [3.05, 3.63) is 35.9 Å². The molecule has 1 heterocycles. The zero-order valence-corrected chi connectivity index (χ0v) is 11.8. The second kappa shape index (κ2) is 5.74. The second-order valence-corrected chi connectivity index (χ2v) is 5.94. The Labute approximate surface area is 115 Å². The highest BCUT2D eigenvalue weighted by Crippen LogP contribution is 2.39. The van der Waals surface area contributed by atoms with Crippen molar-refractivity contribution in [2.24, 2.45) is 5.41 Å². The number of carboxylic acid groups (broad SMARTS) is 1. The Balaban J connectivity index is 2.35. The van der Waals surface area contributed by atoms with Crippen LogP contribution in [-0.4, -0.2) is 29.1 Å². The molecule has 3 nitrogen and oxygen atoms in total. The van der Waals surface area contributed by atoms with Gasteiger partial charge in [-0.15, -0.1) is 0 Å². The van der Waals surface area contributed by atoms with Gasteiger partial charge in [0.15, 0.2) is 0 Å². The molecular weight excluding hydrogens is 238 g/mol. The topological polar surface area (TPSA) is 40.5 Å². The molecule has 1 aliphatic rings. The number of piperidine rings is 1. The van der Waals surface area contributed by atoms with E-state index in [-0.39, 0.29) is 6.04 Å². The summed E-state index contributed by atoms with van der Waals surface area (Å²) in [4.78, 5) is 14.0. The van der Waals surface area contributed by atoms with Gasteiger partial charge in [-0.2, -0.15) is 0 Å². The van der Waals surface area contributed by atoms with E-state index in [0.717, 1.165) is 18.7 Å². The average Bonchev–Trinajstić information content (AvgIpc) is 2.41. The molecule has 0 radical (unpaired) electrons. The zero-order valence-electron chi connectivity index (χ0n) is 11.8. The number of hydrogen-bond acceptors (Lipinski definition) is 2. The highest BCUT2D eigenvalue weighted by atomic mass is 16.4. The first kappa shape index (κ1) is 14.1. The third-order valence-corrected chi connectivity index (χ3v) is 4.11. The highest BCUT2D eigenvalue weighted by Gasteiger charge is 2.41. The molecule has 19 heavy (non-hydrogen) atoms. The molecule has 1 aromatic rings. The van der Waals surface area contributed by atoms with Crippen molar-refractivity contribution in [1.29, 1.82) is 0 Å². The van der Waals surface area contributed by atoms with Crippen LogP contribution in [0.3, 0.4) is 0 Å². The number of nitrogens with zero attached hydrogens (tertiary/aromatic N) is 1. The lowest BCUT2D eigenvalue weighted by molar-refractivity contribution is -0.151. The Kier molecular flexibility index (Phi) is 4.25. The number of hydrogen-bond donors (Lipinski definition) is 1. The molecule has 3 heteroatoms. The molecule has 1 atom stereocenters. The van der Waals surface area contributed by atoms with Crippen LogP contribution in [0, 0.1) is 5.41 Å². The molecule has 0 saturated carbocycles. The molecule has 0 spiro atoms. The van der Waals surface area contributed by atoms with Crippen LogP contribution in [0.1, 0.15) is 44.7 Å². The second-order valence-electron chi connectivity index (χ2n) is 5.94. The van der Waals surface area contributed by atoms with Gasteiger partial charge < -0.3 is 5.11 Å². The van der Waals surface area contributed by atoms with Crippen LogP contribution in [-0.2, 0) is 4.79 Å². The van der Waals surface area contributed by atoms with Crippen molar-refractivity contribution in [2.75, 3.05) is 13.1 Å². The van der Waals surface area contributed by atoms with Gasteiger partial charge in [-0.3, -0.25) is 9.69 Å². The number of benzene rings is 1. The fraction of sp³-hybridized carbons (Fsp3) is 0.562. The minimum absolute atomic E-state index is 0.0495. The van der Waals surface area contributed by atoms with Crippen LogP contribution < -0.4 is 0 Å². The van der Waals surface area contributed by atoms with Gasteiger partial charge in [0.2, 0.25) is 0 Å². The van der Waals surface area contributed by atoms with E-state index in [1.54, 1.807) is 0 Å². The normalized spacial score (nSPS) is 19.1. The van der Waals surface area contributed by atoms with E-state index in [9.17, 15) is 9.90 Å². The summed E-state index contributed by atoms with van der Waals surface area (Å²) in [5.41, 5.74) is 0.329. The molecule has 1 unspecified atom stereocenters. The van der Waals surface area contributed by atoms with Crippen molar-refractivity contribution < 1.29 is 9.90 Å². The van der Waals surface area contributed by atoms with Crippen LogP contribution in [0.25, 0.3) is 0 Å². The number of carboxylic acids is 1. The standard InChI is InChI=1S/C16H23NO2/c1-16(2,15(18)19)14(13-9-5-3-6-10-13)17-11-7-4-8-12-17/h3,5-6,9-10,14H,4,7-8,11-12H2,1-2H3,(H,18,19). The quantitative estimate of drug-likeness (QED) is 0.903. The SMILES string of the molecule is CC(C)(C(=O)O)C(c1ccccc1)N1CCCCC1. The maximum absolute atomic E-state index is 11.7. The highest BCUT2D eigenvalue weighted by molar-refractivity contribution is 5.75. The van der Waals surface area contributed by atoms with E-state index in [4.69, 9.17) is 0 Å². The molecule has 0 bridgehead atoms. The van der Waals surface area contributed by atoms with Crippen LogP contribution in [0.2, 0.25) is 0 Å². The molecule has 2 rings (SSSR count). The third kappa shape index (κ3) is 2.98. The molecule has 1 aliphatic heterocycles. The number of likely N-dealkylation sites (tertiary alicyclic amines) is 1. The summed E-state index contributed by atoms with van der Waals surface area (Å²) >= 11 is 0. The van der Waals surface area contributed by atoms with Gasteiger partial charge in [0, 0.05) is 0 Å². The summed E-state index contributed by atoms with van der Waals surface area (Å²) in [7, 11) is 0. The van der Waals surface area contributed by atoms with Crippen LogP contribution in [0.5, 0.6) is 0 Å². The Bertz CT molecular complexity index is 422. The average molecular weight is 261 g/mol. The molecule has 1 saturated heterocycles. The van der Waals surface area contributed by atoms with Gasteiger partial charge in [0.1, 0.15) is 0 Å². The van der Waals surface area contributed by atoms with E-state index >= 15 is 0 Å². The summed E-state index contributed by atoms with van der Waals surface area (Å²) < 4.78 is 0. The van der Waals surface area contributed by atoms with Crippen LogP contribution in [0.15, 0.2) is 30.3 Å².